The van der Waals surface area contributed by atoms with Gasteiger partial charge in [0.15, 0.2) is 22.1 Å². The van der Waals surface area contributed by atoms with Crippen molar-refractivity contribution in [3.8, 4) is 22.2 Å². The van der Waals surface area contributed by atoms with Crippen LogP contribution < -0.4 is 14.8 Å². The predicted octanol–water partition coefficient (Wildman–Crippen LogP) is 4.29. The van der Waals surface area contributed by atoms with Crippen LogP contribution in [0.4, 0.5) is 5.69 Å². The second-order valence-electron chi connectivity index (χ2n) is 6.48. The van der Waals surface area contributed by atoms with Crippen LogP contribution in [0, 0.1) is 4.77 Å². The van der Waals surface area contributed by atoms with Gasteiger partial charge < -0.3 is 14.8 Å². The van der Waals surface area contributed by atoms with Crippen molar-refractivity contribution in [1.29, 1.82) is 0 Å². The van der Waals surface area contributed by atoms with Crippen LogP contribution >= 0.6 is 23.6 Å². The van der Waals surface area contributed by atoms with E-state index < -0.39 is 0 Å². The van der Waals surface area contributed by atoms with Gasteiger partial charge in [0.25, 0.3) is 0 Å². The number of carbonyl (C=O) groups excluding carboxylic acids is 1. The highest BCUT2D eigenvalue weighted by atomic mass is 32.1. The molecule has 0 fully saturated rings. The lowest BCUT2D eigenvalue weighted by atomic mass is 10.2. The maximum absolute atomic E-state index is 12.7. The van der Waals surface area contributed by atoms with E-state index >= 15 is 0 Å². The van der Waals surface area contributed by atoms with Crippen molar-refractivity contribution in [1.82, 2.24) is 19.7 Å². The normalized spacial score (nSPS) is 10.6. The van der Waals surface area contributed by atoms with Crippen LogP contribution in [0.5, 0.6) is 11.5 Å². The average molecular weight is 454 g/mol. The Hall–Kier alpha value is -3.50. The monoisotopic (exact) mass is 453 g/mol. The summed E-state index contributed by atoms with van der Waals surface area (Å²) in [5.74, 6) is 1.48. The predicted molar refractivity (Wildman–Crippen MR) is 121 cm³/mol. The molecule has 1 amide bonds. The lowest BCUT2D eigenvalue weighted by Crippen LogP contribution is -2.19. The Kier molecular flexibility index (Phi) is 6.39. The van der Waals surface area contributed by atoms with Gasteiger partial charge in [-0.3, -0.25) is 19.4 Å². The van der Waals surface area contributed by atoms with Gasteiger partial charge >= 0.3 is 0 Å². The van der Waals surface area contributed by atoms with E-state index in [1.54, 1.807) is 42.3 Å². The zero-order valence-corrected chi connectivity index (χ0v) is 18.2. The number of nitrogens with one attached hydrogen (secondary N) is 2. The number of pyridine rings is 1. The molecule has 0 radical (unpaired) electrons. The zero-order valence-electron chi connectivity index (χ0n) is 16.6. The van der Waals surface area contributed by atoms with E-state index in [1.165, 1.54) is 11.3 Å². The van der Waals surface area contributed by atoms with E-state index in [2.05, 4.69) is 20.5 Å². The molecule has 3 heterocycles. The smallest absolute Gasteiger partial charge is 0.244 e. The molecule has 0 aliphatic heterocycles. The van der Waals surface area contributed by atoms with Crippen molar-refractivity contribution in [3.63, 3.8) is 0 Å². The van der Waals surface area contributed by atoms with Gasteiger partial charge in [0.2, 0.25) is 5.91 Å². The molecule has 0 aliphatic rings. The second-order valence-corrected chi connectivity index (χ2v) is 7.81. The average Bonchev–Trinajstić information content (AvgIpc) is 3.43. The number of anilines is 1. The first-order valence-electron chi connectivity index (χ1n) is 9.32. The summed E-state index contributed by atoms with van der Waals surface area (Å²) in [6.07, 6.45) is 3.44. The van der Waals surface area contributed by atoms with E-state index in [1.807, 2.05) is 29.6 Å². The van der Waals surface area contributed by atoms with Crippen LogP contribution in [0.25, 0.3) is 10.7 Å². The summed E-state index contributed by atoms with van der Waals surface area (Å²) < 4.78 is 13.3. The Balaban J connectivity index is 1.47. The second kappa shape index (κ2) is 9.54. The number of methoxy groups -OCH3 is 1. The SMILES string of the molecule is COc1ccc(NC(=O)Cn2c(-c3cccs3)n[nH]c2=S)cc1OCc1cccnc1. The first kappa shape index (κ1) is 20.8. The van der Waals surface area contributed by atoms with Crippen LogP contribution in [-0.4, -0.2) is 32.8 Å². The molecule has 0 aliphatic carbocycles. The zero-order chi connectivity index (χ0) is 21.6. The fourth-order valence-corrected chi connectivity index (χ4v) is 3.83. The topological polar surface area (TPSA) is 94.1 Å². The van der Waals surface area contributed by atoms with Gasteiger partial charge in [-0.2, -0.15) is 5.10 Å². The summed E-state index contributed by atoms with van der Waals surface area (Å²) in [6.45, 7) is 0.358. The van der Waals surface area contributed by atoms with E-state index in [0.717, 1.165) is 10.4 Å². The molecule has 4 aromatic rings. The summed E-state index contributed by atoms with van der Waals surface area (Å²) in [7, 11) is 1.57. The minimum atomic E-state index is -0.237. The number of hydrogen-bond acceptors (Lipinski definition) is 7. The van der Waals surface area contributed by atoms with E-state index in [0.29, 0.717) is 34.4 Å². The number of hydrogen-bond donors (Lipinski definition) is 2. The minimum absolute atomic E-state index is 0.0282. The Bertz CT molecular complexity index is 1220. The van der Waals surface area contributed by atoms with Crippen molar-refractivity contribution < 1.29 is 14.3 Å². The third-order valence-electron chi connectivity index (χ3n) is 4.37. The van der Waals surface area contributed by atoms with E-state index in [4.69, 9.17) is 21.7 Å². The Morgan fingerprint density at radius 3 is 2.90 bits per heavy atom. The number of ether oxygens (including phenoxy) is 2. The van der Waals surface area contributed by atoms with Gasteiger partial charge in [-0.15, -0.1) is 11.3 Å². The van der Waals surface area contributed by atoms with Gasteiger partial charge in [-0.05, 0) is 41.9 Å². The molecule has 4 rings (SSSR count). The molecule has 3 aromatic heterocycles. The summed E-state index contributed by atoms with van der Waals surface area (Å²) >= 11 is 6.82. The number of rotatable bonds is 8. The number of amides is 1. The number of carbonyl (C=O) groups is 1. The number of aromatic amines is 1. The number of H-pyrrole nitrogens is 1. The molecule has 158 valence electrons. The number of benzene rings is 1. The first-order valence-corrected chi connectivity index (χ1v) is 10.6. The summed E-state index contributed by atoms with van der Waals surface area (Å²) in [5.41, 5.74) is 1.51. The van der Waals surface area contributed by atoms with Gasteiger partial charge in [0, 0.05) is 29.7 Å². The van der Waals surface area contributed by atoms with Crippen LogP contribution in [-0.2, 0) is 17.9 Å². The lowest BCUT2D eigenvalue weighted by Gasteiger charge is -2.13. The Morgan fingerprint density at radius 1 is 1.26 bits per heavy atom. The van der Waals surface area contributed by atoms with Gasteiger partial charge in [0.1, 0.15) is 13.2 Å². The first-order chi connectivity index (χ1) is 15.1. The molecular formula is C21H19N5O3S2. The number of aromatic nitrogens is 4. The third kappa shape index (κ3) is 4.98. The largest absolute Gasteiger partial charge is 0.493 e. The minimum Gasteiger partial charge on any atom is -0.493 e. The number of thiophene rings is 1. The molecule has 2 N–H and O–H groups in total. The fraction of sp³-hybridized carbons (Fsp3) is 0.143. The fourth-order valence-electron chi connectivity index (χ4n) is 2.91. The highest BCUT2D eigenvalue weighted by molar-refractivity contribution is 7.71. The van der Waals surface area contributed by atoms with E-state index in [9.17, 15) is 4.79 Å². The van der Waals surface area contributed by atoms with Crippen molar-refractivity contribution in [2.75, 3.05) is 12.4 Å². The van der Waals surface area contributed by atoms with Crippen LogP contribution in [0.1, 0.15) is 5.56 Å². The maximum atomic E-state index is 12.7. The van der Waals surface area contributed by atoms with Crippen LogP contribution in [0.2, 0.25) is 0 Å². The standard InChI is InChI=1S/C21H19N5O3S2/c1-28-16-7-6-15(10-17(16)29-13-14-4-2-8-22-11-14)23-19(27)12-26-20(24-25-21(26)30)18-5-3-9-31-18/h2-11H,12-13H2,1H3,(H,23,27)(H,25,30). The quantitative estimate of drug-likeness (QED) is 0.387. The Morgan fingerprint density at radius 2 is 2.16 bits per heavy atom. The molecule has 0 atom stereocenters. The van der Waals surface area contributed by atoms with Gasteiger partial charge in [-0.1, -0.05) is 12.1 Å². The highest BCUT2D eigenvalue weighted by Crippen LogP contribution is 2.31. The molecule has 8 nitrogen and oxygen atoms in total. The molecular weight excluding hydrogens is 434 g/mol. The van der Waals surface area contributed by atoms with Crippen molar-refractivity contribution in [2.45, 2.75) is 13.2 Å². The van der Waals surface area contributed by atoms with Crippen molar-refractivity contribution >= 4 is 35.1 Å². The Labute approximate surface area is 187 Å². The summed E-state index contributed by atoms with van der Waals surface area (Å²) in [6, 6.07) is 12.8. The molecule has 0 bridgehead atoms. The molecule has 0 saturated heterocycles. The molecule has 0 unspecified atom stereocenters. The molecule has 1 aromatic carbocycles. The molecule has 31 heavy (non-hydrogen) atoms. The molecule has 10 heteroatoms. The van der Waals surface area contributed by atoms with Gasteiger partial charge in [-0.25, -0.2) is 0 Å². The van der Waals surface area contributed by atoms with Crippen molar-refractivity contribution in [2.24, 2.45) is 0 Å². The van der Waals surface area contributed by atoms with Crippen LogP contribution in [0.3, 0.4) is 0 Å². The summed E-state index contributed by atoms with van der Waals surface area (Å²) in [5, 5.41) is 11.8. The van der Waals surface area contributed by atoms with Gasteiger partial charge in [0.05, 0.1) is 12.0 Å². The maximum Gasteiger partial charge on any atom is 0.244 e. The van der Waals surface area contributed by atoms with Crippen LogP contribution in [0.15, 0.2) is 60.2 Å². The molecule has 0 saturated carbocycles. The lowest BCUT2D eigenvalue weighted by molar-refractivity contribution is -0.116. The summed E-state index contributed by atoms with van der Waals surface area (Å²) in [4.78, 5) is 17.7. The number of nitrogens with zero attached hydrogens (tertiary/aromatic N) is 3. The highest BCUT2D eigenvalue weighted by Gasteiger charge is 2.14. The molecule has 0 spiro atoms. The third-order valence-corrected chi connectivity index (χ3v) is 5.54. The van der Waals surface area contributed by atoms with Crippen molar-refractivity contribution in [3.05, 3.63) is 70.6 Å². The van der Waals surface area contributed by atoms with E-state index in [-0.39, 0.29) is 12.5 Å².